The summed E-state index contributed by atoms with van der Waals surface area (Å²) < 4.78 is 26.0. The molecular weight excluding hydrogens is 469 g/mol. The first-order chi connectivity index (χ1) is 16.0. The molecule has 1 aliphatic rings. The Morgan fingerprint density at radius 1 is 1.24 bits per heavy atom. The van der Waals surface area contributed by atoms with E-state index in [4.69, 9.17) is 21.1 Å². The van der Waals surface area contributed by atoms with E-state index in [1.165, 1.54) is 29.2 Å². The zero-order valence-electron chi connectivity index (χ0n) is 17.4. The van der Waals surface area contributed by atoms with Gasteiger partial charge in [0.1, 0.15) is 11.2 Å². The predicted octanol–water partition coefficient (Wildman–Crippen LogP) is 4.60. The van der Waals surface area contributed by atoms with Crippen LogP contribution in [-0.4, -0.2) is 33.0 Å². The minimum Gasteiger partial charge on any atom is -0.493 e. The summed E-state index contributed by atoms with van der Waals surface area (Å²) in [6.45, 7) is 0. The molecule has 0 amide bonds. The van der Waals surface area contributed by atoms with Crippen molar-refractivity contribution in [1.29, 1.82) is 0 Å². The lowest BCUT2D eigenvalue weighted by atomic mass is 9.97. The molecule has 0 bridgehead atoms. The summed E-state index contributed by atoms with van der Waals surface area (Å²) in [5.41, 5.74) is 1.57. The van der Waals surface area contributed by atoms with Gasteiger partial charge < -0.3 is 9.47 Å². The molecule has 168 valence electrons. The van der Waals surface area contributed by atoms with Crippen LogP contribution in [0.1, 0.15) is 28.8 Å². The SMILES string of the molecule is COc1cc(/C=N/n2cnc3sc4c(c3c2=O)CCCC4)ccc1Oc1nc(Cl)ncc1F. The maximum Gasteiger partial charge on any atom is 0.282 e. The van der Waals surface area contributed by atoms with Crippen LogP contribution in [0.2, 0.25) is 5.28 Å². The average Bonchev–Trinajstić information content (AvgIpc) is 3.21. The van der Waals surface area contributed by atoms with Crippen molar-refractivity contribution in [2.24, 2.45) is 5.10 Å². The zero-order valence-corrected chi connectivity index (χ0v) is 19.0. The summed E-state index contributed by atoms with van der Waals surface area (Å²) in [5.74, 6) is -0.529. The van der Waals surface area contributed by atoms with Crippen molar-refractivity contribution in [2.75, 3.05) is 7.11 Å². The Bertz CT molecular complexity index is 1450. The largest absolute Gasteiger partial charge is 0.493 e. The molecule has 5 rings (SSSR count). The van der Waals surface area contributed by atoms with Crippen LogP contribution in [0.4, 0.5) is 4.39 Å². The van der Waals surface area contributed by atoms with Gasteiger partial charge >= 0.3 is 0 Å². The van der Waals surface area contributed by atoms with E-state index < -0.39 is 5.82 Å². The van der Waals surface area contributed by atoms with Crippen LogP contribution in [0.25, 0.3) is 10.2 Å². The molecule has 0 saturated carbocycles. The van der Waals surface area contributed by atoms with Gasteiger partial charge in [-0.1, -0.05) is 0 Å². The van der Waals surface area contributed by atoms with Crippen LogP contribution < -0.4 is 15.0 Å². The highest BCUT2D eigenvalue weighted by Crippen LogP contribution is 2.34. The lowest BCUT2D eigenvalue weighted by Gasteiger charge is -2.10. The third kappa shape index (κ3) is 4.19. The van der Waals surface area contributed by atoms with Crippen LogP contribution in [0, 0.1) is 5.82 Å². The highest BCUT2D eigenvalue weighted by molar-refractivity contribution is 7.18. The first kappa shape index (κ1) is 21.5. The monoisotopic (exact) mass is 485 g/mol. The summed E-state index contributed by atoms with van der Waals surface area (Å²) in [5, 5.41) is 4.82. The molecule has 0 radical (unpaired) electrons. The minimum atomic E-state index is -0.759. The number of nitrogens with zero attached hydrogens (tertiary/aromatic N) is 5. The Labute approximate surface area is 196 Å². The van der Waals surface area contributed by atoms with E-state index in [9.17, 15) is 9.18 Å². The van der Waals surface area contributed by atoms with Gasteiger partial charge in [-0.3, -0.25) is 4.79 Å². The lowest BCUT2D eigenvalue weighted by molar-refractivity contribution is 0.363. The zero-order chi connectivity index (χ0) is 22.9. The van der Waals surface area contributed by atoms with Crippen LogP contribution in [-0.2, 0) is 12.8 Å². The molecule has 1 aliphatic carbocycles. The maximum absolute atomic E-state index is 13.9. The number of benzene rings is 1. The summed E-state index contributed by atoms with van der Waals surface area (Å²) in [6.07, 6.45) is 7.99. The highest BCUT2D eigenvalue weighted by Gasteiger charge is 2.20. The topological polar surface area (TPSA) is 91.5 Å². The molecule has 0 aliphatic heterocycles. The fourth-order valence-corrected chi connectivity index (χ4v) is 5.05. The van der Waals surface area contributed by atoms with E-state index in [1.807, 2.05) is 0 Å². The van der Waals surface area contributed by atoms with Crippen molar-refractivity contribution in [3.8, 4) is 17.4 Å². The van der Waals surface area contributed by atoms with Crippen molar-refractivity contribution >= 4 is 39.4 Å². The Balaban J connectivity index is 1.44. The standard InChI is InChI=1S/C22H17ClFN5O3S/c1-31-16-8-12(6-7-15(16)32-19-14(24)10-25-22(23)28-19)9-27-29-11-26-20-18(21(29)30)13-4-2-3-5-17(13)33-20/h6-11H,2-5H2,1H3/b27-9+. The van der Waals surface area contributed by atoms with Gasteiger partial charge in [-0.15, -0.1) is 11.3 Å². The number of hydrogen-bond acceptors (Lipinski definition) is 8. The van der Waals surface area contributed by atoms with Crippen molar-refractivity contribution in [1.82, 2.24) is 19.6 Å². The van der Waals surface area contributed by atoms with Crippen molar-refractivity contribution in [2.45, 2.75) is 25.7 Å². The number of aromatic nitrogens is 4. The Hall–Kier alpha value is -3.37. The fraction of sp³-hybridized carbons (Fsp3) is 0.227. The molecule has 0 fully saturated rings. The summed E-state index contributed by atoms with van der Waals surface area (Å²) in [4.78, 5) is 26.8. The summed E-state index contributed by atoms with van der Waals surface area (Å²) in [6, 6.07) is 4.91. The third-order valence-corrected chi connectivity index (χ3v) is 6.65. The number of hydrogen-bond donors (Lipinski definition) is 0. The molecule has 33 heavy (non-hydrogen) atoms. The second-order valence-electron chi connectivity index (χ2n) is 7.33. The van der Waals surface area contributed by atoms with E-state index in [-0.39, 0.29) is 22.5 Å². The van der Waals surface area contributed by atoms with Crippen molar-refractivity contribution < 1.29 is 13.9 Å². The van der Waals surface area contributed by atoms with E-state index in [0.29, 0.717) is 16.7 Å². The van der Waals surface area contributed by atoms with E-state index >= 15 is 0 Å². The number of ether oxygens (including phenoxy) is 2. The van der Waals surface area contributed by atoms with Gasteiger partial charge in [-0.05, 0) is 66.6 Å². The van der Waals surface area contributed by atoms with Crippen LogP contribution >= 0.6 is 22.9 Å². The maximum atomic E-state index is 13.9. The van der Waals surface area contributed by atoms with Gasteiger partial charge in [0, 0.05) is 4.88 Å². The third-order valence-electron chi connectivity index (χ3n) is 5.27. The lowest BCUT2D eigenvalue weighted by Crippen LogP contribution is -2.18. The predicted molar refractivity (Wildman–Crippen MR) is 124 cm³/mol. The molecule has 0 atom stereocenters. The fourth-order valence-electron chi connectivity index (χ4n) is 3.70. The van der Waals surface area contributed by atoms with Crippen LogP contribution in [0.3, 0.4) is 0 Å². The summed E-state index contributed by atoms with van der Waals surface area (Å²) in [7, 11) is 1.45. The number of rotatable bonds is 5. The Kier molecular flexibility index (Phi) is 5.77. The number of thiophene rings is 1. The van der Waals surface area contributed by atoms with Gasteiger partial charge in [0.2, 0.25) is 11.1 Å². The average molecular weight is 486 g/mol. The van der Waals surface area contributed by atoms with Gasteiger partial charge in [0.25, 0.3) is 11.4 Å². The van der Waals surface area contributed by atoms with Crippen LogP contribution in [0.15, 0.2) is 40.6 Å². The molecule has 0 spiro atoms. The Morgan fingerprint density at radius 3 is 2.94 bits per heavy atom. The van der Waals surface area contributed by atoms with Crippen molar-refractivity contribution in [3.05, 3.63) is 68.2 Å². The Morgan fingerprint density at radius 2 is 2.09 bits per heavy atom. The molecule has 4 aromatic rings. The second kappa shape index (κ2) is 8.87. The molecule has 1 aromatic carbocycles. The highest BCUT2D eigenvalue weighted by atomic mass is 35.5. The molecular formula is C22H17ClFN5O3S. The van der Waals surface area contributed by atoms with Crippen molar-refractivity contribution in [3.63, 3.8) is 0 Å². The quantitative estimate of drug-likeness (QED) is 0.303. The number of aryl methyl sites for hydroxylation is 2. The van der Waals surface area contributed by atoms with Crippen LogP contribution in [0.5, 0.6) is 17.4 Å². The molecule has 3 aromatic heterocycles. The van der Waals surface area contributed by atoms with Gasteiger partial charge in [0.15, 0.2) is 11.5 Å². The molecule has 3 heterocycles. The van der Waals surface area contributed by atoms with E-state index in [0.717, 1.165) is 42.3 Å². The molecule has 8 nitrogen and oxygen atoms in total. The smallest absolute Gasteiger partial charge is 0.282 e. The molecule has 0 N–H and O–H groups in total. The second-order valence-corrected chi connectivity index (χ2v) is 8.76. The van der Waals surface area contributed by atoms with Gasteiger partial charge in [0.05, 0.1) is 24.9 Å². The van der Waals surface area contributed by atoms with E-state index in [1.54, 1.807) is 29.5 Å². The summed E-state index contributed by atoms with van der Waals surface area (Å²) >= 11 is 7.31. The minimum absolute atomic E-state index is 0.142. The first-order valence-corrected chi connectivity index (χ1v) is 11.3. The van der Waals surface area contributed by atoms with Gasteiger partial charge in [-0.2, -0.15) is 19.2 Å². The van der Waals surface area contributed by atoms with Gasteiger partial charge in [-0.25, -0.2) is 9.97 Å². The number of halogens is 2. The molecule has 11 heteroatoms. The number of methoxy groups -OCH3 is 1. The normalized spacial score (nSPS) is 13.4. The molecule has 0 saturated heterocycles. The van der Waals surface area contributed by atoms with E-state index in [2.05, 4.69) is 20.1 Å². The first-order valence-electron chi connectivity index (χ1n) is 10.1. The number of fused-ring (bicyclic) bond motifs is 3. The molecule has 0 unspecified atom stereocenters.